The average molecular weight is 268 g/mol. The van der Waals surface area contributed by atoms with Crippen LogP contribution >= 0.6 is 11.6 Å². The lowest BCUT2D eigenvalue weighted by atomic mass is 10.1. The van der Waals surface area contributed by atoms with Crippen LogP contribution in [0.1, 0.15) is 5.56 Å². The lowest BCUT2D eigenvalue weighted by Crippen LogP contribution is -2.38. The van der Waals surface area contributed by atoms with Gasteiger partial charge in [0.25, 0.3) is 0 Å². The largest absolute Gasteiger partial charge is 0.415 e. The minimum absolute atomic E-state index is 0.370. The molecule has 17 heavy (non-hydrogen) atoms. The van der Waals surface area contributed by atoms with Crippen LogP contribution in [0.5, 0.6) is 0 Å². The van der Waals surface area contributed by atoms with E-state index in [9.17, 15) is 13.2 Å². The Morgan fingerprint density at radius 2 is 1.82 bits per heavy atom. The van der Waals surface area contributed by atoms with Crippen molar-refractivity contribution in [2.45, 2.75) is 18.7 Å². The summed E-state index contributed by atoms with van der Waals surface area (Å²) in [5, 5.41) is 11.9. The monoisotopic (exact) mass is 267 g/mol. The highest BCUT2D eigenvalue weighted by Gasteiger charge is 2.37. The van der Waals surface area contributed by atoms with E-state index in [0.717, 1.165) is 5.56 Å². The molecule has 0 saturated heterocycles. The summed E-state index contributed by atoms with van der Waals surface area (Å²) in [6.45, 7) is -0.119. The van der Waals surface area contributed by atoms with Gasteiger partial charge in [0, 0.05) is 11.6 Å². The van der Waals surface area contributed by atoms with Crippen molar-refractivity contribution in [3.05, 3.63) is 34.9 Å². The van der Waals surface area contributed by atoms with Crippen LogP contribution < -0.4 is 5.32 Å². The van der Waals surface area contributed by atoms with Gasteiger partial charge in [0.1, 0.15) is 0 Å². The molecule has 2 N–H and O–H groups in total. The van der Waals surface area contributed by atoms with E-state index in [1.54, 1.807) is 12.1 Å². The van der Waals surface area contributed by atoms with Gasteiger partial charge in [-0.05, 0) is 30.7 Å². The fourth-order valence-corrected chi connectivity index (χ4v) is 1.36. The van der Waals surface area contributed by atoms with Gasteiger partial charge < -0.3 is 10.4 Å². The van der Waals surface area contributed by atoms with Crippen molar-refractivity contribution in [3.63, 3.8) is 0 Å². The molecule has 0 spiro atoms. The van der Waals surface area contributed by atoms with E-state index in [-0.39, 0.29) is 0 Å². The summed E-state index contributed by atoms with van der Waals surface area (Å²) in [4.78, 5) is 0. The zero-order valence-corrected chi connectivity index (χ0v) is 9.72. The lowest BCUT2D eigenvalue weighted by Gasteiger charge is -2.14. The number of hydrogen-bond donors (Lipinski definition) is 2. The van der Waals surface area contributed by atoms with Crippen LogP contribution in [0.2, 0.25) is 5.02 Å². The van der Waals surface area contributed by atoms with Crippen molar-refractivity contribution in [2.75, 3.05) is 13.1 Å². The predicted molar refractivity (Wildman–Crippen MR) is 60.1 cm³/mol. The molecule has 0 heterocycles. The van der Waals surface area contributed by atoms with Crippen molar-refractivity contribution in [1.82, 2.24) is 5.32 Å². The molecule has 6 heteroatoms. The molecule has 1 aromatic rings. The summed E-state index contributed by atoms with van der Waals surface area (Å²) in [6.07, 6.45) is -6.29. The molecular formula is C11H13ClF3NO. The summed E-state index contributed by atoms with van der Waals surface area (Å²) < 4.78 is 35.8. The Kier molecular flexibility index (Phi) is 5.24. The number of rotatable bonds is 5. The molecule has 96 valence electrons. The van der Waals surface area contributed by atoms with Gasteiger partial charge in [0.05, 0.1) is 0 Å². The van der Waals surface area contributed by atoms with Crippen LogP contribution in [0.15, 0.2) is 24.3 Å². The summed E-state index contributed by atoms with van der Waals surface area (Å²) >= 11 is 5.69. The van der Waals surface area contributed by atoms with E-state index < -0.39 is 18.8 Å². The Labute approximate surface area is 102 Å². The lowest BCUT2D eigenvalue weighted by molar-refractivity contribution is -0.201. The molecule has 1 unspecified atom stereocenters. The average Bonchev–Trinajstić information content (AvgIpc) is 2.25. The Morgan fingerprint density at radius 3 is 2.35 bits per heavy atom. The van der Waals surface area contributed by atoms with Gasteiger partial charge in [0.15, 0.2) is 6.10 Å². The molecule has 0 saturated carbocycles. The van der Waals surface area contributed by atoms with E-state index >= 15 is 0 Å². The summed E-state index contributed by atoms with van der Waals surface area (Å²) in [5.41, 5.74) is 0.975. The first kappa shape index (κ1) is 14.3. The predicted octanol–water partition coefficient (Wildman–Crippen LogP) is 2.40. The summed E-state index contributed by atoms with van der Waals surface area (Å²) in [7, 11) is 0. The van der Waals surface area contributed by atoms with E-state index in [4.69, 9.17) is 16.7 Å². The Morgan fingerprint density at radius 1 is 1.24 bits per heavy atom. The number of aliphatic hydroxyl groups is 1. The van der Waals surface area contributed by atoms with E-state index in [0.29, 0.717) is 18.0 Å². The maximum atomic E-state index is 11.9. The Balaban J connectivity index is 2.23. The smallest absolute Gasteiger partial charge is 0.382 e. The van der Waals surface area contributed by atoms with Gasteiger partial charge in [-0.2, -0.15) is 13.2 Å². The third-order valence-corrected chi connectivity index (χ3v) is 2.47. The van der Waals surface area contributed by atoms with Crippen molar-refractivity contribution in [3.8, 4) is 0 Å². The van der Waals surface area contributed by atoms with Gasteiger partial charge >= 0.3 is 6.18 Å². The number of benzene rings is 1. The van der Waals surface area contributed by atoms with Gasteiger partial charge in [-0.25, -0.2) is 0 Å². The molecule has 0 aliphatic carbocycles. The number of nitrogens with one attached hydrogen (secondary N) is 1. The first-order valence-electron chi connectivity index (χ1n) is 5.09. The highest BCUT2D eigenvalue weighted by molar-refractivity contribution is 6.30. The normalized spacial score (nSPS) is 13.7. The fourth-order valence-electron chi connectivity index (χ4n) is 1.24. The minimum Gasteiger partial charge on any atom is -0.382 e. The maximum Gasteiger partial charge on any atom is 0.415 e. The van der Waals surface area contributed by atoms with Crippen LogP contribution in [-0.2, 0) is 6.42 Å². The number of halogens is 4. The quantitative estimate of drug-likeness (QED) is 0.803. The first-order valence-corrected chi connectivity index (χ1v) is 5.47. The van der Waals surface area contributed by atoms with Gasteiger partial charge in [-0.3, -0.25) is 0 Å². The molecule has 0 fully saturated rings. The topological polar surface area (TPSA) is 32.3 Å². The van der Waals surface area contributed by atoms with Crippen LogP contribution in [-0.4, -0.2) is 30.5 Å². The molecule has 1 atom stereocenters. The fraction of sp³-hybridized carbons (Fsp3) is 0.455. The maximum absolute atomic E-state index is 11.9. The zero-order chi connectivity index (χ0) is 12.9. The van der Waals surface area contributed by atoms with E-state index in [1.807, 2.05) is 12.1 Å². The first-order chi connectivity index (χ1) is 7.89. The molecule has 0 amide bonds. The molecule has 0 aromatic heterocycles. The third kappa shape index (κ3) is 5.39. The second-order valence-corrected chi connectivity index (χ2v) is 4.07. The number of alkyl halides is 3. The molecular weight excluding hydrogens is 255 g/mol. The van der Waals surface area contributed by atoms with E-state index in [1.165, 1.54) is 0 Å². The van der Waals surface area contributed by atoms with Crippen molar-refractivity contribution in [2.24, 2.45) is 0 Å². The third-order valence-electron chi connectivity index (χ3n) is 2.22. The Hall–Kier alpha value is -0.780. The molecule has 1 rings (SSSR count). The second-order valence-electron chi connectivity index (χ2n) is 3.64. The van der Waals surface area contributed by atoms with Crippen molar-refractivity contribution in [1.29, 1.82) is 0 Å². The zero-order valence-electron chi connectivity index (χ0n) is 8.97. The molecule has 2 nitrogen and oxygen atoms in total. The van der Waals surface area contributed by atoms with Crippen LogP contribution in [0.3, 0.4) is 0 Å². The Bertz CT molecular complexity index is 340. The molecule has 0 bridgehead atoms. The molecule has 1 aromatic carbocycles. The standard InChI is InChI=1S/C11H13ClF3NO/c12-9-3-1-8(2-4-9)5-6-16-7-10(17)11(13,14)15/h1-4,10,16-17H,5-7H2. The van der Waals surface area contributed by atoms with Gasteiger partial charge in [-0.1, -0.05) is 23.7 Å². The SMILES string of the molecule is OC(CNCCc1ccc(Cl)cc1)C(F)(F)F. The molecule has 0 aliphatic heterocycles. The number of hydrogen-bond acceptors (Lipinski definition) is 2. The van der Waals surface area contributed by atoms with E-state index in [2.05, 4.69) is 5.32 Å². The van der Waals surface area contributed by atoms with Crippen LogP contribution in [0.25, 0.3) is 0 Å². The number of aliphatic hydroxyl groups excluding tert-OH is 1. The van der Waals surface area contributed by atoms with Crippen molar-refractivity contribution >= 4 is 11.6 Å². The van der Waals surface area contributed by atoms with Crippen LogP contribution in [0.4, 0.5) is 13.2 Å². The van der Waals surface area contributed by atoms with Gasteiger partial charge in [-0.15, -0.1) is 0 Å². The molecule has 0 aliphatic rings. The highest BCUT2D eigenvalue weighted by atomic mass is 35.5. The van der Waals surface area contributed by atoms with Crippen LogP contribution in [0, 0.1) is 0 Å². The highest BCUT2D eigenvalue weighted by Crippen LogP contribution is 2.19. The summed E-state index contributed by atoms with van der Waals surface area (Å²) in [6, 6.07) is 7.07. The molecule has 0 radical (unpaired) electrons. The second kappa shape index (κ2) is 6.23. The van der Waals surface area contributed by atoms with Crippen molar-refractivity contribution < 1.29 is 18.3 Å². The van der Waals surface area contributed by atoms with Gasteiger partial charge in [0.2, 0.25) is 0 Å². The minimum atomic E-state index is -4.56. The summed E-state index contributed by atoms with van der Waals surface area (Å²) in [5.74, 6) is 0.